The van der Waals surface area contributed by atoms with Crippen molar-refractivity contribution in [3.8, 4) is 0 Å². The number of hydrogen-bond acceptors (Lipinski definition) is 6. The summed E-state index contributed by atoms with van der Waals surface area (Å²) in [5.41, 5.74) is 1.89. The molecule has 0 amide bonds. The lowest BCUT2D eigenvalue weighted by molar-refractivity contribution is -0.385. The normalized spacial score (nSPS) is 11.7. The second-order valence-electron chi connectivity index (χ2n) is 6.35. The number of rotatable bonds is 6. The van der Waals surface area contributed by atoms with Gasteiger partial charge in [-0.15, -0.1) is 0 Å². The Morgan fingerprint density at radius 2 is 1.81 bits per heavy atom. The number of ether oxygens (including phenoxy) is 1. The third kappa shape index (κ3) is 3.94. The van der Waals surface area contributed by atoms with Gasteiger partial charge in [0.2, 0.25) is 5.78 Å². The van der Waals surface area contributed by atoms with Crippen LogP contribution in [0.5, 0.6) is 0 Å². The second-order valence-corrected chi connectivity index (χ2v) is 6.35. The SMILES string of the molecule is CC(=O)c1c(C)[nH]c(C(=O)[C@@H](C)OC(=O)c2ccc(C)c([N+](=O)[O-])c2)c1C. The van der Waals surface area contributed by atoms with Crippen LogP contribution in [0, 0.1) is 30.9 Å². The Morgan fingerprint density at radius 1 is 1.19 bits per heavy atom. The third-order valence-electron chi connectivity index (χ3n) is 4.33. The van der Waals surface area contributed by atoms with Crippen molar-refractivity contribution in [2.45, 2.75) is 40.7 Å². The van der Waals surface area contributed by atoms with E-state index in [0.717, 1.165) is 6.07 Å². The molecule has 142 valence electrons. The number of nitro groups is 1. The fraction of sp³-hybridized carbons (Fsp3) is 0.316. The fourth-order valence-corrected chi connectivity index (χ4v) is 2.94. The van der Waals surface area contributed by atoms with Crippen LogP contribution in [0.2, 0.25) is 0 Å². The van der Waals surface area contributed by atoms with Gasteiger partial charge in [-0.3, -0.25) is 19.7 Å². The maximum Gasteiger partial charge on any atom is 0.339 e. The highest BCUT2D eigenvalue weighted by Gasteiger charge is 2.27. The number of nitrogens with one attached hydrogen (secondary N) is 1. The number of carbonyl (C=O) groups excluding carboxylic acids is 3. The van der Waals surface area contributed by atoms with Gasteiger partial charge in [0.05, 0.1) is 16.2 Å². The van der Waals surface area contributed by atoms with Crippen LogP contribution in [-0.4, -0.2) is 33.5 Å². The first kappa shape index (κ1) is 20.0. The number of esters is 1. The zero-order valence-corrected chi connectivity index (χ0v) is 15.7. The van der Waals surface area contributed by atoms with Crippen molar-refractivity contribution >= 4 is 23.2 Å². The van der Waals surface area contributed by atoms with E-state index in [1.54, 1.807) is 20.8 Å². The maximum absolute atomic E-state index is 12.6. The Labute approximate surface area is 155 Å². The van der Waals surface area contributed by atoms with E-state index in [1.165, 1.54) is 26.0 Å². The molecule has 1 heterocycles. The summed E-state index contributed by atoms with van der Waals surface area (Å²) in [5.74, 6) is -1.50. The molecule has 8 heteroatoms. The van der Waals surface area contributed by atoms with Gasteiger partial charge in [0.25, 0.3) is 5.69 Å². The first-order valence-electron chi connectivity index (χ1n) is 8.25. The van der Waals surface area contributed by atoms with E-state index in [0.29, 0.717) is 22.4 Å². The standard InChI is InChI=1S/C19H20N2O6/c1-9-6-7-14(8-15(9)21(25)26)19(24)27-13(5)18(23)17-10(2)16(12(4)22)11(3)20-17/h6-8,13,20H,1-5H3/t13-/m1/s1. The van der Waals surface area contributed by atoms with Gasteiger partial charge in [-0.05, 0) is 46.2 Å². The van der Waals surface area contributed by atoms with Crippen LogP contribution in [0.25, 0.3) is 0 Å². The van der Waals surface area contributed by atoms with Gasteiger partial charge in [-0.1, -0.05) is 6.07 Å². The van der Waals surface area contributed by atoms with Crippen LogP contribution in [0.15, 0.2) is 18.2 Å². The summed E-state index contributed by atoms with van der Waals surface area (Å²) in [6.07, 6.45) is -1.13. The molecule has 0 unspecified atom stereocenters. The van der Waals surface area contributed by atoms with Crippen molar-refractivity contribution in [2.24, 2.45) is 0 Å². The summed E-state index contributed by atoms with van der Waals surface area (Å²) in [7, 11) is 0. The molecule has 1 N–H and O–H groups in total. The van der Waals surface area contributed by atoms with E-state index in [2.05, 4.69) is 4.98 Å². The van der Waals surface area contributed by atoms with Crippen LogP contribution in [0.3, 0.4) is 0 Å². The lowest BCUT2D eigenvalue weighted by atomic mass is 10.0. The Hall–Kier alpha value is -3.29. The lowest BCUT2D eigenvalue weighted by Crippen LogP contribution is -2.25. The number of ketones is 2. The Bertz CT molecular complexity index is 957. The zero-order valence-electron chi connectivity index (χ0n) is 15.7. The second kappa shape index (κ2) is 7.53. The molecule has 0 spiro atoms. The number of carbonyl (C=O) groups is 3. The highest BCUT2D eigenvalue weighted by atomic mass is 16.6. The van der Waals surface area contributed by atoms with E-state index < -0.39 is 22.8 Å². The number of aryl methyl sites for hydroxylation is 2. The molecule has 8 nitrogen and oxygen atoms in total. The van der Waals surface area contributed by atoms with E-state index in [1.807, 2.05) is 0 Å². The lowest BCUT2D eigenvalue weighted by Gasteiger charge is -2.12. The molecule has 1 aromatic heterocycles. The summed E-state index contributed by atoms with van der Waals surface area (Å²) >= 11 is 0. The van der Waals surface area contributed by atoms with Crippen molar-refractivity contribution in [1.29, 1.82) is 0 Å². The van der Waals surface area contributed by atoms with Crippen LogP contribution in [0.1, 0.15) is 61.9 Å². The molecule has 1 aromatic carbocycles. The van der Waals surface area contributed by atoms with E-state index in [4.69, 9.17) is 4.74 Å². The average Bonchev–Trinajstić information content (AvgIpc) is 2.88. The quantitative estimate of drug-likeness (QED) is 0.359. The summed E-state index contributed by atoms with van der Waals surface area (Å²) < 4.78 is 5.18. The number of hydrogen-bond donors (Lipinski definition) is 1. The number of benzene rings is 1. The van der Waals surface area contributed by atoms with Crippen LogP contribution < -0.4 is 0 Å². The fourth-order valence-electron chi connectivity index (χ4n) is 2.94. The minimum absolute atomic E-state index is 0.0178. The third-order valence-corrected chi connectivity index (χ3v) is 4.33. The molecule has 0 aliphatic carbocycles. The molecule has 0 saturated carbocycles. The minimum Gasteiger partial charge on any atom is -0.451 e. The van der Waals surface area contributed by atoms with Crippen LogP contribution >= 0.6 is 0 Å². The van der Waals surface area contributed by atoms with Gasteiger partial charge in [0.15, 0.2) is 11.9 Å². The molecular weight excluding hydrogens is 352 g/mol. The van der Waals surface area contributed by atoms with Crippen molar-refractivity contribution in [3.05, 3.63) is 62.0 Å². The number of aromatic amines is 1. The van der Waals surface area contributed by atoms with Crippen molar-refractivity contribution in [2.75, 3.05) is 0 Å². The summed E-state index contributed by atoms with van der Waals surface area (Å²) in [5, 5.41) is 11.0. The van der Waals surface area contributed by atoms with E-state index >= 15 is 0 Å². The average molecular weight is 372 g/mol. The Balaban J connectivity index is 2.23. The van der Waals surface area contributed by atoms with Crippen LogP contribution in [-0.2, 0) is 4.74 Å². The molecule has 0 bridgehead atoms. The van der Waals surface area contributed by atoms with E-state index in [-0.39, 0.29) is 22.7 Å². The molecule has 0 fully saturated rings. The highest BCUT2D eigenvalue weighted by Crippen LogP contribution is 2.22. The van der Waals surface area contributed by atoms with Crippen molar-refractivity contribution < 1.29 is 24.0 Å². The summed E-state index contributed by atoms with van der Waals surface area (Å²) in [6, 6.07) is 3.96. The predicted molar refractivity (Wildman–Crippen MR) is 97.3 cm³/mol. The summed E-state index contributed by atoms with van der Waals surface area (Å²) in [4.78, 5) is 49.9. The van der Waals surface area contributed by atoms with Gasteiger partial charge in [-0.25, -0.2) is 4.79 Å². The predicted octanol–water partition coefficient (Wildman–Crippen LogP) is 3.48. The first-order chi connectivity index (χ1) is 12.5. The van der Waals surface area contributed by atoms with E-state index in [9.17, 15) is 24.5 Å². The van der Waals surface area contributed by atoms with Gasteiger partial charge < -0.3 is 9.72 Å². The van der Waals surface area contributed by atoms with Gasteiger partial charge in [0.1, 0.15) is 0 Å². The topological polar surface area (TPSA) is 119 Å². The highest BCUT2D eigenvalue weighted by molar-refractivity contribution is 6.05. The minimum atomic E-state index is -1.13. The molecule has 27 heavy (non-hydrogen) atoms. The Morgan fingerprint density at radius 3 is 2.33 bits per heavy atom. The number of Topliss-reactive ketones (excluding diaryl/α,β-unsaturated/α-hetero) is 2. The van der Waals surface area contributed by atoms with Gasteiger partial charge in [0, 0.05) is 22.9 Å². The van der Waals surface area contributed by atoms with Crippen molar-refractivity contribution in [3.63, 3.8) is 0 Å². The molecule has 1 atom stereocenters. The molecule has 2 rings (SSSR count). The molecule has 0 aliphatic rings. The van der Waals surface area contributed by atoms with Crippen LogP contribution in [0.4, 0.5) is 5.69 Å². The number of nitrogens with zero attached hydrogens (tertiary/aromatic N) is 1. The molecule has 0 aliphatic heterocycles. The Kier molecular flexibility index (Phi) is 5.58. The summed E-state index contributed by atoms with van der Waals surface area (Å²) in [6.45, 7) is 7.70. The molecular formula is C19H20N2O6. The smallest absolute Gasteiger partial charge is 0.339 e. The largest absolute Gasteiger partial charge is 0.451 e. The molecule has 2 aromatic rings. The number of aromatic nitrogens is 1. The molecule has 0 saturated heterocycles. The number of H-pyrrole nitrogens is 1. The zero-order chi connectivity index (χ0) is 20.5. The van der Waals surface area contributed by atoms with Crippen molar-refractivity contribution in [1.82, 2.24) is 4.98 Å². The monoisotopic (exact) mass is 372 g/mol. The van der Waals surface area contributed by atoms with Gasteiger partial charge >= 0.3 is 5.97 Å². The first-order valence-corrected chi connectivity index (χ1v) is 8.25. The number of nitro benzene ring substituents is 1. The maximum atomic E-state index is 12.6. The molecule has 0 radical (unpaired) electrons. The van der Waals surface area contributed by atoms with Gasteiger partial charge in [-0.2, -0.15) is 0 Å².